The number of hydrogen-bond acceptors (Lipinski definition) is 5. The van der Waals surface area contributed by atoms with Crippen LogP contribution in [0.1, 0.15) is 34.2 Å². The van der Waals surface area contributed by atoms with Gasteiger partial charge in [0.1, 0.15) is 5.75 Å². The summed E-state index contributed by atoms with van der Waals surface area (Å²) in [4.78, 5) is 8.04. The highest BCUT2D eigenvalue weighted by molar-refractivity contribution is 7.11. The van der Waals surface area contributed by atoms with Crippen LogP contribution >= 0.6 is 11.3 Å². The smallest absolute Gasteiger partial charge is 0.123 e. The van der Waals surface area contributed by atoms with Crippen molar-refractivity contribution in [3.05, 3.63) is 45.9 Å². The van der Waals surface area contributed by atoms with Crippen LogP contribution in [0, 0.1) is 0 Å². The minimum absolute atomic E-state index is 0.156. The number of benzene rings is 1. The second-order valence-corrected chi connectivity index (χ2v) is 6.83. The van der Waals surface area contributed by atoms with Gasteiger partial charge in [0.05, 0.1) is 18.7 Å². The van der Waals surface area contributed by atoms with E-state index >= 15 is 0 Å². The summed E-state index contributed by atoms with van der Waals surface area (Å²) in [6.45, 7) is 2.39. The number of rotatable bonds is 8. The van der Waals surface area contributed by atoms with E-state index in [0.29, 0.717) is 12.5 Å². The molecule has 0 aliphatic heterocycles. The van der Waals surface area contributed by atoms with Gasteiger partial charge in [0.15, 0.2) is 0 Å². The Balaban J connectivity index is 1.68. The molecule has 1 aliphatic rings. The summed E-state index contributed by atoms with van der Waals surface area (Å²) in [7, 11) is 1.69. The zero-order valence-corrected chi connectivity index (χ0v) is 13.7. The Bertz CT molecular complexity index is 610. The summed E-state index contributed by atoms with van der Waals surface area (Å²) in [5.41, 5.74) is 1.14. The molecule has 22 heavy (non-hydrogen) atoms. The second-order valence-electron chi connectivity index (χ2n) is 5.69. The predicted octanol–water partition coefficient (Wildman–Crippen LogP) is 3.02. The van der Waals surface area contributed by atoms with Crippen LogP contribution in [-0.4, -0.2) is 35.3 Å². The zero-order valence-electron chi connectivity index (χ0n) is 12.9. The number of para-hydroxylation sites is 1. The Hall–Kier alpha value is -1.43. The van der Waals surface area contributed by atoms with Crippen molar-refractivity contribution >= 4 is 11.3 Å². The first-order chi connectivity index (χ1) is 10.8. The Morgan fingerprint density at radius 2 is 2.14 bits per heavy atom. The largest absolute Gasteiger partial charge is 0.496 e. The van der Waals surface area contributed by atoms with E-state index in [-0.39, 0.29) is 6.61 Å². The molecule has 1 heterocycles. The molecule has 0 atom stereocenters. The van der Waals surface area contributed by atoms with E-state index in [0.717, 1.165) is 24.4 Å². The van der Waals surface area contributed by atoms with Crippen LogP contribution in [0.4, 0.5) is 0 Å². The van der Waals surface area contributed by atoms with Crippen molar-refractivity contribution in [1.82, 2.24) is 9.88 Å². The molecule has 0 bridgehead atoms. The van der Waals surface area contributed by atoms with Gasteiger partial charge in [0.25, 0.3) is 0 Å². The Kier molecular flexibility index (Phi) is 5.08. The van der Waals surface area contributed by atoms with Gasteiger partial charge in [-0.2, -0.15) is 0 Å². The van der Waals surface area contributed by atoms with Crippen molar-refractivity contribution in [2.24, 2.45) is 0 Å². The maximum absolute atomic E-state index is 9.34. The maximum Gasteiger partial charge on any atom is 0.123 e. The maximum atomic E-state index is 9.34. The lowest BCUT2D eigenvalue weighted by Crippen LogP contribution is -2.25. The molecule has 0 saturated heterocycles. The molecule has 1 aliphatic carbocycles. The molecule has 2 aromatic rings. The first kappa shape index (κ1) is 15.5. The number of aromatic nitrogens is 1. The molecule has 5 heteroatoms. The first-order valence-corrected chi connectivity index (χ1v) is 8.51. The predicted molar refractivity (Wildman–Crippen MR) is 88.3 cm³/mol. The number of ether oxygens (including phenoxy) is 1. The molecular formula is C17H22N2O2S. The number of methoxy groups -OCH3 is 1. The molecule has 118 valence electrons. The number of thiazole rings is 1. The van der Waals surface area contributed by atoms with Crippen molar-refractivity contribution in [1.29, 1.82) is 0 Å². The van der Waals surface area contributed by atoms with Crippen molar-refractivity contribution in [2.75, 3.05) is 20.3 Å². The van der Waals surface area contributed by atoms with Crippen molar-refractivity contribution in [3.63, 3.8) is 0 Å². The number of hydrogen-bond donors (Lipinski definition) is 1. The number of aliphatic hydroxyl groups is 1. The van der Waals surface area contributed by atoms with Gasteiger partial charge in [-0.25, -0.2) is 4.98 Å². The SMILES string of the molecule is COc1ccccc1CN(CCO)Cc1cnc(C2CC2)s1. The lowest BCUT2D eigenvalue weighted by Gasteiger charge is -2.21. The van der Waals surface area contributed by atoms with Gasteiger partial charge < -0.3 is 9.84 Å². The van der Waals surface area contributed by atoms with Crippen molar-refractivity contribution in [3.8, 4) is 5.75 Å². The van der Waals surface area contributed by atoms with E-state index in [1.165, 1.54) is 22.7 Å². The lowest BCUT2D eigenvalue weighted by atomic mass is 10.2. The van der Waals surface area contributed by atoms with Gasteiger partial charge in [-0.3, -0.25) is 4.90 Å². The van der Waals surface area contributed by atoms with Gasteiger partial charge >= 0.3 is 0 Å². The van der Waals surface area contributed by atoms with Gasteiger partial charge in [-0.15, -0.1) is 11.3 Å². The fourth-order valence-corrected chi connectivity index (χ4v) is 3.69. The summed E-state index contributed by atoms with van der Waals surface area (Å²) < 4.78 is 5.42. The highest BCUT2D eigenvalue weighted by Gasteiger charge is 2.26. The van der Waals surface area contributed by atoms with Gasteiger partial charge in [0.2, 0.25) is 0 Å². The van der Waals surface area contributed by atoms with E-state index in [9.17, 15) is 5.11 Å². The Morgan fingerprint density at radius 3 is 2.86 bits per heavy atom. The third-order valence-electron chi connectivity index (χ3n) is 3.88. The van der Waals surface area contributed by atoms with E-state index in [1.807, 2.05) is 35.7 Å². The van der Waals surface area contributed by atoms with Crippen molar-refractivity contribution < 1.29 is 9.84 Å². The van der Waals surface area contributed by atoms with Crippen molar-refractivity contribution in [2.45, 2.75) is 31.8 Å². The topological polar surface area (TPSA) is 45.6 Å². The van der Waals surface area contributed by atoms with Crippen LogP contribution in [0.15, 0.2) is 30.5 Å². The zero-order chi connectivity index (χ0) is 15.4. The quantitative estimate of drug-likeness (QED) is 0.812. The van der Waals surface area contributed by atoms with Gasteiger partial charge in [0, 0.05) is 42.2 Å². The average molecular weight is 318 g/mol. The summed E-state index contributed by atoms with van der Waals surface area (Å²) >= 11 is 1.81. The molecule has 1 saturated carbocycles. The highest BCUT2D eigenvalue weighted by atomic mass is 32.1. The van der Waals surface area contributed by atoms with E-state index in [2.05, 4.69) is 16.0 Å². The third kappa shape index (κ3) is 3.85. The lowest BCUT2D eigenvalue weighted by molar-refractivity contribution is 0.184. The first-order valence-electron chi connectivity index (χ1n) is 7.70. The molecule has 1 aromatic heterocycles. The molecule has 0 radical (unpaired) electrons. The fourth-order valence-electron chi connectivity index (χ4n) is 2.57. The summed E-state index contributed by atoms with van der Waals surface area (Å²) in [6.07, 6.45) is 4.56. The normalized spacial score (nSPS) is 14.5. The second kappa shape index (κ2) is 7.22. The fraction of sp³-hybridized carbons (Fsp3) is 0.471. The Labute approximate surface area is 135 Å². The number of nitrogens with zero attached hydrogens (tertiary/aromatic N) is 2. The van der Waals surface area contributed by atoms with Crippen LogP contribution in [0.2, 0.25) is 0 Å². The van der Waals surface area contributed by atoms with E-state index in [4.69, 9.17) is 4.74 Å². The Morgan fingerprint density at radius 1 is 1.32 bits per heavy atom. The minimum atomic E-state index is 0.156. The van der Waals surface area contributed by atoms with Crippen LogP contribution in [0.5, 0.6) is 5.75 Å². The molecule has 3 rings (SSSR count). The monoisotopic (exact) mass is 318 g/mol. The molecule has 0 amide bonds. The van der Waals surface area contributed by atoms with Gasteiger partial charge in [-0.05, 0) is 18.9 Å². The highest BCUT2D eigenvalue weighted by Crippen LogP contribution is 2.41. The van der Waals surface area contributed by atoms with Crippen LogP contribution < -0.4 is 4.74 Å². The van der Waals surface area contributed by atoms with E-state index in [1.54, 1.807) is 7.11 Å². The minimum Gasteiger partial charge on any atom is -0.496 e. The van der Waals surface area contributed by atoms with Crippen LogP contribution in [0.3, 0.4) is 0 Å². The molecule has 0 unspecified atom stereocenters. The third-order valence-corrected chi connectivity index (χ3v) is 5.02. The molecule has 1 fully saturated rings. The molecular weight excluding hydrogens is 296 g/mol. The molecule has 0 spiro atoms. The summed E-state index contributed by atoms with van der Waals surface area (Å²) in [5.74, 6) is 1.60. The van der Waals surface area contributed by atoms with Gasteiger partial charge in [-0.1, -0.05) is 18.2 Å². The van der Waals surface area contributed by atoms with Crippen LogP contribution in [0.25, 0.3) is 0 Å². The van der Waals surface area contributed by atoms with Crippen LogP contribution in [-0.2, 0) is 13.1 Å². The molecule has 1 aromatic carbocycles. The standard InChI is InChI=1S/C17H22N2O2S/c1-21-16-5-3-2-4-14(16)11-19(8-9-20)12-15-10-18-17(22-15)13-6-7-13/h2-5,10,13,20H,6-9,11-12H2,1H3. The average Bonchev–Trinajstić information content (AvgIpc) is 3.28. The summed E-state index contributed by atoms with van der Waals surface area (Å²) in [6, 6.07) is 8.05. The molecule has 1 N–H and O–H groups in total. The summed E-state index contributed by atoms with van der Waals surface area (Å²) in [5, 5.41) is 10.6. The number of aliphatic hydroxyl groups excluding tert-OH is 1. The van der Waals surface area contributed by atoms with E-state index < -0.39 is 0 Å². The molecule has 4 nitrogen and oxygen atoms in total.